The zero-order valence-corrected chi connectivity index (χ0v) is 17.5. The van der Waals surface area contributed by atoms with Gasteiger partial charge in [-0.05, 0) is 73.6 Å². The summed E-state index contributed by atoms with van der Waals surface area (Å²) in [5, 5.41) is 2.91. The van der Waals surface area contributed by atoms with Crippen LogP contribution in [0, 0.1) is 0 Å². The highest BCUT2D eigenvalue weighted by molar-refractivity contribution is 5.80. The molecule has 0 spiro atoms. The third-order valence-corrected chi connectivity index (χ3v) is 5.19. The minimum atomic E-state index is -0.598. The van der Waals surface area contributed by atoms with Crippen molar-refractivity contribution in [3.63, 3.8) is 0 Å². The maximum atomic E-state index is 12.5. The van der Waals surface area contributed by atoms with Gasteiger partial charge in [0.2, 0.25) is 5.75 Å². The number of carbonyl (C=O) groups is 1. The van der Waals surface area contributed by atoms with Crippen LogP contribution in [0.25, 0.3) is 0 Å². The molecule has 3 rings (SSSR count). The van der Waals surface area contributed by atoms with Gasteiger partial charge >= 0.3 is 0 Å². The second-order valence-corrected chi connectivity index (χ2v) is 7.15. The van der Waals surface area contributed by atoms with Crippen LogP contribution in [0.2, 0.25) is 0 Å². The summed E-state index contributed by atoms with van der Waals surface area (Å²) in [7, 11) is 4.68. The first kappa shape index (κ1) is 20.8. The van der Waals surface area contributed by atoms with E-state index in [9.17, 15) is 4.79 Å². The van der Waals surface area contributed by atoms with Crippen molar-refractivity contribution in [1.29, 1.82) is 0 Å². The van der Waals surface area contributed by atoms with E-state index in [0.717, 1.165) is 24.2 Å². The average Bonchev–Trinajstić information content (AvgIpc) is 2.76. The van der Waals surface area contributed by atoms with Crippen LogP contribution in [-0.2, 0) is 24.2 Å². The average molecular weight is 399 g/mol. The summed E-state index contributed by atoms with van der Waals surface area (Å²) in [6.45, 7) is 2.08. The molecule has 29 heavy (non-hydrogen) atoms. The maximum Gasteiger partial charge on any atom is 0.261 e. The van der Waals surface area contributed by atoms with Gasteiger partial charge in [-0.1, -0.05) is 6.07 Å². The van der Waals surface area contributed by atoms with Crippen molar-refractivity contribution < 1.29 is 23.7 Å². The molecule has 0 radical (unpaired) electrons. The fraction of sp³-hybridized carbons (Fsp3) is 0.435. The summed E-state index contributed by atoms with van der Waals surface area (Å²) in [5.41, 5.74) is 3.57. The first-order chi connectivity index (χ1) is 14.0. The molecule has 0 bridgehead atoms. The van der Waals surface area contributed by atoms with Crippen LogP contribution < -0.4 is 24.3 Å². The fourth-order valence-corrected chi connectivity index (χ4v) is 3.61. The summed E-state index contributed by atoms with van der Waals surface area (Å²) < 4.78 is 21.9. The molecule has 2 aromatic rings. The SMILES string of the molecule is COc1cc(CNC(=O)C(C)Oc2ccc3c(c2)CCCC3)cc(OC)c1OC. The predicted octanol–water partition coefficient (Wildman–Crippen LogP) is 3.67. The molecule has 0 aliphatic heterocycles. The van der Waals surface area contributed by atoms with Gasteiger partial charge in [0.15, 0.2) is 17.6 Å². The zero-order valence-electron chi connectivity index (χ0n) is 17.5. The van der Waals surface area contributed by atoms with E-state index in [1.165, 1.54) is 24.0 Å². The molecule has 1 aliphatic carbocycles. The molecule has 2 aromatic carbocycles. The molecule has 1 unspecified atom stereocenters. The van der Waals surface area contributed by atoms with Crippen LogP contribution >= 0.6 is 0 Å². The lowest BCUT2D eigenvalue weighted by atomic mass is 9.92. The minimum absolute atomic E-state index is 0.184. The number of nitrogens with one attached hydrogen (secondary N) is 1. The van der Waals surface area contributed by atoms with Crippen LogP contribution in [0.15, 0.2) is 30.3 Å². The Morgan fingerprint density at radius 3 is 2.24 bits per heavy atom. The highest BCUT2D eigenvalue weighted by Gasteiger charge is 2.18. The van der Waals surface area contributed by atoms with Crippen LogP contribution in [-0.4, -0.2) is 33.3 Å². The summed E-state index contributed by atoms with van der Waals surface area (Å²) in [5.74, 6) is 2.18. The van der Waals surface area contributed by atoms with E-state index in [0.29, 0.717) is 23.8 Å². The predicted molar refractivity (Wildman–Crippen MR) is 111 cm³/mol. The van der Waals surface area contributed by atoms with E-state index >= 15 is 0 Å². The quantitative estimate of drug-likeness (QED) is 0.734. The van der Waals surface area contributed by atoms with E-state index < -0.39 is 6.10 Å². The summed E-state index contributed by atoms with van der Waals surface area (Å²) >= 11 is 0. The van der Waals surface area contributed by atoms with Crippen molar-refractivity contribution in [2.45, 2.75) is 45.3 Å². The van der Waals surface area contributed by atoms with E-state index in [1.54, 1.807) is 28.3 Å². The van der Waals surface area contributed by atoms with Crippen molar-refractivity contribution in [3.05, 3.63) is 47.0 Å². The number of hydrogen-bond acceptors (Lipinski definition) is 5. The van der Waals surface area contributed by atoms with Gasteiger partial charge in [0.05, 0.1) is 21.3 Å². The van der Waals surface area contributed by atoms with Crippen molar-refractivity contribution in [3.8, 4) is 23.0 Å². The van der Waals surface area contributed by atoms with Crippen LogP contribution in [0.1, 0.15) is 36.5 Å². The van der Waals surface area contributed by atoms with Gasteiger partial charge < -0.3 is 24.3 Å². The molecular weight excluding hydrogens is 370 g/mol. The normalized spacial score (nSPS) is 13.8. The number of carbonyl (C=O) groups excluding carboxylic acids is 1. The van der Waals surface area contributed by atoms with Gasteiger partial charge in [-0.15, -0.1) is 0 Å². The van der Waals surface area contributed by atoms with Crippen LogP contribution in [0.5, 0.6) is 23.0 Å². The number of aryl methyl sites for hydroxylation is 2. The first-order valence-corrected chi connectivity index (χ1v) is 9.90. The molecule has 6 heteroatoms. The summed E-state index contributed by atoms with van der Waals surface area (Å²) in [4.78, 5) is 12.5. The van der Waals surface area contributed by atoms with Gasteiger partial charge in [0, 0.05) is 6.54 Å². The Balaban J connectivity index is 1.61. The number of amides is 1. The third kappa shape index (κ3) is 4.94. The van der Waals surface area contributed by atoms with Gasteiger partial charge in [-0.2, -0.15) is 0 Å². The smallest absolute Gasteiger partial charge is 0.261 e. The third-order valence-electron chi connectivity index (χ3n) is 5.19. The zero-order chi connectivity index (χ0) is 20.8. The van der Waals surface area contributed by atoms with E-state index in [1.807, 2.05) is 18.2 Å². The molecule has 1 amide bonds. The Morgan fingerprint density at radius 1 is 0.966 bits per heavy atom. The highest BCUT2D eigenvalue weighted by atomic mass is 16.5. The highest BCUT2D eigenvalue weighted by Crippen LogP contribution is 2.38. The van der Waals surface area contributed by atoms with Gasteiger partial charge in [0.1, 0.15) is 5.75 Å². The Bertz CT molecular complexity index is 839. The molecule has 6 nitrogen and oxygen atoms in total. The molecule has 0 heterocycles. The fourth-order valence-electron chi connectivity index (χ4n) is 3.61. The maximum absolute atomic E-state index is 12.5. The van der Waals surface area contributed by atoms with Crippen molar-refractivity contribution in [1.82, 2.24) is 5.32 Å². The standard InChI is InChI=1S/C23H29NO5/c1-15(29-19-10-9-17-7-5-6-8-18(17)13-19)23(25)24-14-16-11-20(26-2)22(28-4)21(12-16)27-3/h9-13,15H,5-8,14H2,1-4H3,(H,24,25). The van der Waals surface area contributed by atoms with E-state index in [4.69, 9.17) is 18.9 Å². The number of benzene rings is 2. The van der Waals surface area contributed by atoms with Crippen molar-refractivity contribution >= 4 is 5.91 Å². The largest absolute Gasteiger partial charge is 0.493 e. The Labute approximate surface area is 172 Å². The number of methoxy groups -OCH3 is 3. The van der Waals surface area contributed by atoms with Crippen LogP contribution in [0.3, 0.4) is 0 Å². The van der Waals surface area contributed by atoms with Gasteiger partial charge in [0.25, 0.3) is 5.91 Å². The minimum Gasteiger partial charge on any atom is -0.493 e. The molecule has 1 aliphatic rings. The molecule has 0 saturated carbocycles. The molecule has 0 fully saturated rings. The Morgan fingerprint density at radius 2 is 1.62 bits per heavy atom. The molecular formula is C23H29NO5. The lowest BCUT2D eigenvalue weighted by molar-refractivity contribution is -0.127. The Hall–Kier alpha value is -2.89. The molecule has 1 N–H and O–H groups in total. The van der Waals surface area contributed by atoms with Crippen molar-refractivity contribution in [2.24, 2.45) is 0 Å². The van der Waals surface area contributed by atoms with Gasteiger partial charge in [-0.25, -0.2) is 0 Å². The van der Waals surface area contributed by atoms with Crippen LogP contribution in [0.4, 0.5) is 0 Å². The second-order valence-electron chi connectivity index (χ2n) is 7.15. The van der Waals surface area contributed by atoms with E-state index in [2.05, 4.69) is 17.4 Å². The number of hydrogen-bond donors (Lipinski definition) is 1. The number of ether oxygens (including phenoxy) is 4. The monoisotopic (exact) mass is 399 g/mol. The number of rotatable bonds is 8. The molecule has 1 atom stereocenters. The first-order valence-electron chi connectivity index (χ1n) is 9.90. The molecule has 156 valence electrons. The van der Waals surface area contributed by atoms with Gasteiger partial charge in [-0.3, -0.25) is 4.79 Å². The lowest BCUT2D eigenvalue weighted by Gasteiger charge is -2.19. The lowest BCUT2D eigenvalue weighted by Crippen LogP contribution is -2.35. The Kier molecular flexibility index (Phi) is 6.86. The summed E-state index contributed by atoms with van der Waals surface area (Å²) in [6, 6.07) is 9.77. The topological polar surface area (TPSA) is 66.0 Å². The number of fused-ring (bicyclic) bond motifs is 1. The molecule has 0 aromatic heterocycles. The summed E-state index contributed by atoms with van der Waals surface area (Å²) in [6.07, 6.45) is 4.06. The van der Waals surface area contributed by atoms with Crippen molar-refractivity contribution in [2.75, 3.05) is 21.3 Å². The molecule has 0 saturated heterocycles. The van der Waals surface area contributed by atoms with E-state index in [-0.39, 0.29) is 5.91 Å². The second kappa shape index (κ2) is 9.54.